The summed E-state index contributed by atoms with van der Waals surface area (Å²) in [5, 5.41) is 3.96. The van der Waals surface area contributed by atoms with Crippen LogP contribution in [0, 0.1) is 19.7 Å². The van der Waals surface area contributed by atoms with E-state index in [0.29, 0.717) is 16.8 Å². The highest BCUT2D eigenvalue weighted by atomic mass is 19.1. The van der Waals surface area contributed by atoms with Crippen LogP contribution < -0.4 is 5.56 Å². The van der Waals surface area contributed by atoms with Crippen molar-refractivity contribution in [2.24, 2.45) is 0 Å². The van der Waals surface area contributed by atoms with Crippen molar-refractivity contribution in [3.05, 3.63) is 57.8 Å². The number of rotatable bonds is 1. The second-order valence-electron chi connectivity index (χ2n) is 3.66. The third-order valence-corrected chi connectivity index (χ3v) is 2.42. The number of aryl methyl sites for hydroxylation is 2. The Morgan fingerprint density at radius 3 is 2.69 bits per heavy atom. The Bertz CT molecular complexity index is 590. The molecule has 4 heteroatoms. The van der Waals surface area contributed by atoms with Crippen LogP contribution in [-0.4, -0.2) is 9.78 Å². The molecule has 0 radical (unpaired) electrons. The van der Waals surface area contributed by atoms with Gasteiger partial charge in [-0.05, 0) is 43.2 Å². The third kappa shape index (κ3) is 1.74. The van der Waals surface area contributed by atoms with Crippen LogP contribution in [0.4, 0.5) is 4.39 Å². The molecule has 0 N–H and O–H groups in total. The van der Waals surface area contributed by atoms with Crippen molar-refractivity contribution >= 4 is 0 Å². The molecule has 0 saturated heterocycles. The predicted octanol–water partition coefficient (Wildman–Crippen LogP) is 1.99. The fraction of sp³-hybridized carbons (Fsp3) is 0.167. The Kier molecular flexibility index (Phi) is 2.56. The van der Waals surface area contributed by atoms with Gasteiger partial charge in [-0.15, -0.1) is 0 Å². The molecule has 2 rings (SSSR count). The molecule has 3 nitrogen and oxygen atoms in total. The zero-order valence-corrected chi connectivity index (χ0v) is 9.07. The largest absolute Gasteiger partial charge is 0.271 e. The van der Waals surface area contributed by atoms with Crippen LogP contribution >= 0.6 is 0 Å². The third-order valence-electron chi connectivity index (χ3n) is 2.42. The highest BCUT2D eigenvalue weighted by Crippen LogP contribution is 2.16. The molecule has 0 fully saturated rings. The van der Waals surface area contributed by atoms with Crippen molar-refractivity contribution in [2.45, 2.75) is 13.8 Å². The van der Waals surface area contributed by atoms with E-state index in [9.17, 15) is 9.18 Å². The lowest BCUT2D eigenvalue weighted by molar-refractivity contribution is 0.615. The van der Waals surface area contributed by atoms with Gasteiger partial charge < -0.3 is 0 Å². The molecule has 0 aliphatic heterocycles. The predicted molar refractivity (Wildman–Crippen MR) is 59.3 cm³/mol. The van der Waals surface area contributed by atoms with Gasteiger partial charge in [0.1, 0.15) is 5.82 Å². The Labute approximate surface area is 92.2 Å². The van der Waals surface area contributed by atoms with Gasteiger partial charge in [0.05, 0.1) is 5.69 Å². The summed E-state index contributed by atoms with van der Waals surface area (Å²) < 4.78 is 14.5. The summed E-state index contributed by atoms with van der Waals surface area (Å²) in [4.78, 5) is 11.6. The molecule has 82 valence electrons. The first-order chi connectivity index (χ1) is 7.59. The monoisotopic (exact) mass is 218 g/mol. The van der Waals surface area contributed by atoms with Crippen LogP contribution in [0.3, 0.4) is 0 Å². The summed E-state index contributed by atoms with van der Waals surface area (Å²) >= 11 is 0. The minimum Gasteiger partial charge on any atom is -0.267 e. The zero-order valence-electron chi connectivity index (χ0n) is 9.07. The lowest BCUT2D eigenvalue weighted by atomic mass is 10.1. The maximum atomic E-state index is 13.3. The van der Waals surface area contributed by atoms with E-state index in [-0.39, 0.29) is 11.4 Å². The number of nitrogens with zero attached hydrogens (tertiary/aromatic N) is 2. The maximum Gasteiger partial charge on any atom is 0.271 e. The smallest absolute Gasteiger partial charge is 0.267 e. The molecule has 1 aromatic carbocycles. The molecule has 0 spiro atoms. The van der Waals surface area contributed by atoms with Crippen molar-refractivity contribution in [3.8, 4) is 5.69 Å². The number of aromatic nitrogens is 2. The summed E-state index contributed by atoms with van der Waals surface area (Å²) in [5.41, 5.74) is 1.57. The normalized spacial score (nSPS) is 10.4. The average molecular weight is 218 g/mol. The van der Waals surface area contributed by atoms with E-state index in [0.717, 1.165) is 0 Å². The van der Waals surface area contributed by atoms with Gasteiger partial charge in [-0.1, -0.05) is 0 Å². The quantitative estimate of drug-likeness (QED) is 0.733. The number of hydrogen-bond donors (Lipinski definition) is 0. The average Bonchev–Trinajstić information content (AvgIpc) is 2.25. The summed E-state index contributed by atoms with van der Waals surface area (Å²) in [6, 6.07) is 6.03. The first-order valence-corrected chi connectivity index (χ1v) is 4.91. The van der Waals surface area contributed by atoms with E-state index in [1.165, 1.54) is 23.0 Å². The Hall–Kier alpha value is -1.97. The summed E-state index contributed by atoms with van der Waals surface area (Å²) in [5.74, 6) is -0.273. The molecule has 1 heterocycles. The lowest BCUT2D eigenvalue weighted by Gasteiger charge is -2.08. The van der Waals surface area contributed by atoms with Gasteiger partial charge in [-0.3, -0.25) is 4.79 Å². The topological polar surface area (TPSA) is 34.9 Å². The molecular weight excluding hydrogens is 207 g/mol. The van der Waals surface area contributed by atoms with Gasteiger partial charge >= 0.3 is 0 Å². The molecule has 0 atom stereocenters. The van der Waals surface area contributed by atoms with Crippen molar-refractivity contribution in [2.75, 3.05) is 0 Å². The standard InChI is InChI=1S/C12H11FN2O/c1-8-7-11(9(2)6-10(8)13)15-12(16)4-3-5-14-15/h3-7H,1-2H3. The highest BCUT2D eigenvalue weighted by molar-refractivity contribution is 5.42. The van der Waals surface area contributed by atoms with Gasteiger partial charge in [0.2, 0.25) is 0 Å². The van der Waals surface area contributed by atoms with E-state index in [1.54, 1.807) is 26.0 Å². The van der Waals surface area contributed by atoms with Crippen LogP contribution in [0.25, 0.3) is 5.69 Å². The molecule has 0 aliphatic rings. The maximum absolute atomic E-state index is 13.3. The van der Waals surface area contributed by atoms with Gasteiger partial charge in [0, 0.05) is 12.3 Å². The van der Waals surface area contributed by atoms with Crippen LogP contribution in [-0.2, 0) is 0 Å². The molecule has 1 aromatic heterocycles. The van der Waals surface area contributed by atoms with Crippen molar-refractivity contribution < 1.29 is 4.39 Å². The van der Waals surface area contributed by atoms with Gasteiger partial charge in [0.15, 0.2) is 0 Å². The first kappa shape index (κ1) is 10.5. The molecular formula is C12H11FN2O. The van der Waals surface area contributed by atoms with E-state index in [2.05, 4.69) is 5.10 Å². The minimum atomic E-state index is -0.273. The van der Waals surface area contributed by atoms with E-state index >= 15 is 0 Å². The van der Waals surface area contributed by atoms with Gasteiger partial charge in [-0.25, -0.2) is 4.39 Å². The Balaban J connectivity index is 2.70. The van der Waals surface area contributed by atoms with Crippen molar-refractivity contribution in [1.29, 1.82) is 0 Å². The van der Waals surface area contributed by atoms with Crippen LogP contribution in [0.1, 0.15) is 11.1 Å². The molecule has 2 aromatic rings. The Morgan fingerprint density at radius 1 is 1.25 bits per heavy atom. The first-order valence-electron chi connectivity index (χ1n) is 4.91. The summed E-state index contributed by atoms with van der Waals surface area (Å²) in [6.45, 7) is 3.41. The summed E-state index contributed by atoms with van der Waals surface area (Å²) in [6.07, 6.45) is 1.53. The number of halogens is 1. The molecule has 16 heavy (non-hydrogen) atoms. The van der Waals surface area contributed by atoms with Crippen LogP contribution in [0.5, 0.6) is 0 Å². The highest BCUT2D eigenvalue weighted by Gasteiger charge is 2.07. The molecule has 0 aliphatic carbocycles. The lowest BCUT2D eigenvalue weighted by Crippen LogP contribution is -2.20. The molecule has 0 bridgehead atoms. The molecule has 0 saturated carbocycles. The zero-order chi connectivity index (χ0) is 11.7. The van der Waals surface area contributed by atoms with E-state index in [1.807, 2.05) is 0 Å². The fourth-order valence-electron chi connectivity index (χ4n) is 1.53. The summed E-state index contributed by atoms with van der Waals surface area (Å²) in [7, 11) is 0. The molecule has 0 unspecified atom stereocenters. The minimum absolute atomic E-state index is 0.225. The SMILES string of the molecule is Cc1cc(-n2ncccc2=O)c(C)cc1F. The van der Waals surface area contributed by atoms with E-state index in [4.69, 9.17) is 0 Å². The van der Waals surface area contributed by atoms with Gasteiger partial charge in [0.25, 0.3) is 5.56 Å². The van der Waals surface area contributed by atoms with Crippen LogP contribution in [0.2, 0.25) is 0 Å². The fourth-order valence-corrected chi connectivity index (χ4v) is 1.53. The van der Waals surface area contributed by atoms with Crippen molar-refractivity contribution in [1.82, 2.24) is 9.78 Å². The van der Waals surface area contributed by atoms with Crippen molar-refractivity contribution in [3.63, 3.8) is 0 Å². The number of hydrogen-bond acceptors (Lipinski definition) is 2. The molecule has 0 amide bonds. The van der Waals surface area contributed by atoms with E-state index < -0.39 is 0 Å². The second-order valence-corrected chi connectivity index (χ2v) is 3.66. The van der Waals surface area contributed by atoms with Crippen LogP contribution in [0.15, 0.2) is 35.3 Å². The second kappa shape index (κ2) is 3.89. The van der Waals surface area contributed by atoms with Gasteiger partial charge in [-0.2, -0.15) is 9.78 Å². The Morgan fingerprint density at radius 2 is 2.00 bits per heavy atom. The number of benzene rings is 1.